The molecule has 0 radical (unpaired) electrons. The molecule has 0 N–H and O–H groups in total. The van der Waals surface area contributed by atoms with Crippen LogP contribution in [0.15, 0.2) is 261 Å². The van der Waals surface area contributed by atoms with Crippen LogP contribution in [0.4, 0.5) is 0 Å². The summed E-state index contributed by atoms with van der Waals surface area (Å²) in [4.78, 5) is 15.9. The number of hydrogen-bond acceptors (Lipinski definition) is 4. The van der Waals surface area contributed by atoms with Crippen molar-refractivity contribution < 1.29 is 4.74 Å². The van der Waals surface area contributed by atoms with Crippen LogP contribution in [0.1, 0.15) is 44.5 Å². The summed E-state index contributed by atoms with van der Waals surface area (Å²) in [6.45, 7) is 0. The quantitative estimate of drug-likeness (QED) is 0.173. The molecule has 1 aromatic heterocycles. The van der Waals surface area contributed by atoms with E-state index < -0.39 is 10.8 Å². The second-order valence-corrected chi connectivity index (χ2v) is 19.3. The summed E-state index contributed by atoms with van der Waals surface area (Å²) in [7, 11) is 0. The van der Waals surface area contributed by atoms with Crippen LogP contribution in [-0.4, -0.2) is 15.0 Å². The SMILES string of the molecule is c1ccc(-c2nc(-c3ccccc3-c3ccc4c(c3)Oc3ccccc3C43c4ccccc4C4(c5ccccc5-c5ccccc54)c4ccccc43)nc(-c3ccc(-c4ccccc4)c4ccccc34)n2)cc1. The van der Waals surface area contributed by atoms with Crippen LogP contribution >= 0.6 is 0 Å². The van der Waals surface area contributed by atoms with Crippen molar-refractivity contribution in [3.8, 4) is 79.0 Å². The maximum atomic E-state index is 7.17. The lowest BCUT2D eigenvalue weighted by Gasteiger charge is -2.51. The van der Waals surface area contributed by atoms with E-state index in [0.717, 1.165) is 72.3 Å². The third kappa shape index (κ3) is 5.86. The molecule has 0 fully saturated rings. The molecule has 4 heteroatoms. The molecule has 340 valence electrons. The van der Waals surface area contributed by atoms with E-state index in [1.807, 2.05) is 18.2 Å². The number of benzene rings is 11. The zero-order valence-electron chi connectivity index (χ0n) is 39.6. The molecule has 12 aromatic rings. The van der Waals surface area contributed by atoms with Crippen molar-refractivity contribution in [2.45, 2.75) is 10.8 Å². The summed E-state index contributed by atoms with van der Waals surface area (Å²) in [5.41, 5.74) is 18.3. The van der Waals surface area contributed by atoms with Crippen molar-refractivity contribution in [1.29, 1.82) is 0 Å². The van der Waals surface area contributed by atoms with Gasteiger partial charge in [0.25, 0.3) is 0 Å². The molecule has 73 heavy (non-hydrogen) atoms. The van der Waals surface area contributed by atoms with Gasteiger partial charge in [-0.2, -0.15) is 0 Å². The molecular formula is C69H43N3O. The lowest BCUT2D eigenvalue weighted by atomic mass is 9.51. The van der Waals surface area contributed by atoms with Crippen molar-refractivity contribution in [2.24, 2.45) is 0 Å². The summed E-state index contributed by atoms with van der Waals surface area (Å²) in [6.07, 6.45) is 0. The van der Waals surface area contributed by atoms with Gasteiger partial charge in [-0.3, -0.25) is 0 Å². The van der Waals surface area contributed by atoms with Gasteiger partial charge >= 0.3 is 0 Å². The molecule has 0 bridgehead atoms. The monoisotopic (exact) mass is 929 g/mol. The lowest BCUT2D eigenvalue weighted by molar-refractivity contribution is 0.429. The topological polar surface area (TPSA) is 47.9 Å². The van der Waals surface area contributed by atoms with Gasteiger partial charge in [0.15, 0.2) is 17.5 Å². The predicted molar refractivity (Wildman–Crippen MR) is 294 cm³/mol. The van der Waals surface area contributed by atoms with Crippen LogP contribution in [0.2, 0.25) is 0 Å². The molecule has 0 saturated carbocycles. The van der Waals surface area contributed by atoms with Crippen molar-refractivity contribution in [3.05, 3.63) is 305 Å². The smallest absolute Gasteiger partial charge is 0.164 e. The van der Waals surface area contributed by atoms with E-state index in [0.29, 0.717) is 17.5 Å². The average molecular weight is 930 g/mol. The molecular weight excluding hydrogens is 887 g/mol. The summed E-state index contributed by atoms with van der Waals surface area (Å²) in [5.74, 6) is 3.47. The summed E-state index contributed by atoms with van der Waals surface area (Å²) in [5, 5.41) is 2.21. The third-order valence-electron chi connectivity index (χ3n) is 15.7. The number of hydrogen-bond donors (Lipinski definition) is 0. The fourth-order valence-corrected chi connectivity index (χ4v) is 12.8. The largest absolute Gasteiger partial charge is 0.457 e. The second-order valence-electron chi connectivity index (χ2n) is 19.3. The van der Waals surface area contributed by atoms with Gasteiger partial charge in [-0.1, -0.05) is 243 Å². The van der Waals surface area contributed by atoms with E-state index in [9.17, 15) is 0 Å². The predicted octanol–water partition coefficient (Wildman–Crippen LogP) is 16.5. The van der Waals surface area contributed by atoms with Crippen LogP contribution in [-0.2, 0) is 10.8 Å². The van der Waals surface area contributed by atoms with Crippen LogP contribution in [0.25, 0.3) is 78.3 Å². The highest BCUT2D eigenvalue weighted by atomic mass is 16.5. The zero-order valence-corrected chi connectivity index (χ0v) is 39.6. The maximum Gasteiger partial charge on any atom is 0.164 e. The molecule has 0 saturated heterocycles. The minimum absolute atomic E-state index is 0.532. The number of rotatable bonds is 5. The average Bonchev–Trinajstić information content (AvgIpc) is 3.76. The first-order valence-corrected chi connectivity index (χ1v) is 25.0. The normalized spacial score (nSPS) is 13.8. The first-order valence-electron chi connectivity index (χ1n) is 25.0. The Kier molecular flexibility index (Phi) is 9.05. The van der Waals surface area contributed by atoms with E-state index in [1.54, 1.807) is 0 Å². The fourth-order valence-electron chi connectivity index (χ4n) is 12.8. The van der Waals surface area contributed by atoms with Crippen molar-refractivity contribution in [1.82, 2.24) is 15.0 Å². The van der Waals surface area contributed by atoms with Gasteiger partial charge in [0, 0.05) is 27.8 Å². The highest BCUT2D eigenvalue weighted by molar-refractivity contribution is 6.04. The molecule has 11 aromatic carbocycles. The van der Waals surface area contributed by atoms with Gasteiger partial charge in [0.05, 0.1) is 10.8 Å². The van der Waals surface area contributed by atoms with Crippen LogP contribution in [0, 0.1) is 0 Å². The highest BCUT2D eigenvalue weighted by Crippen LogP contribution is 2.67. The molecule has 0 atom stereocenters. The van der Waals surface area contributed by atoms with Crippen LogP contribution in [0.3, 0.4) is 0 Å². The van der Waals surface area contributed by atoms with Crippen LogP contribution in [0.5, 0.6) is 11.5 Å². The second kappa shape index (κ2) is 16.0. The Balaban J connectivity index is 0.935. The molecule has 0 amide bonds. The number of nitrogens with zero attached hydrogens (tertiary/aromatic N) is 3. The lowest BCUT2D eigenvalue weighted by Crippen LogP contribution is -2.45. The van der Waals surface area contributed by atoms with Gasteiger partial charge in [-0.15, -0.1) is 0 Å². The Morgan fingerprint density at radius 1 is 0.233 bits per heavy atom. The Morgan fingerprint density at radius 3 is 1.26 bits per heavy atom. The molecule has 2 heterocycles. The van der Waals surface area contributed by atoms with Gasteiger partial charge in [0.2, 0.25) is 0 Å². The number of fused-ring (bicyclic) bond motifs is 16. The summed E-state index contributed by atoms with van der Waals surface area (Å²) < 4.78 is 7.17. The van der Waals surface area contributed by atoms with E-state index in [1.165, 1.54) is 44.5 Å². The Labute approximate surface area is 423 Å². The molecule has 4 nitrogen and oxygen atoms in total. The van der Waals surface area contributed by atoms with Crippen molar-refractivity contribution in [3.63, 3.8) is 0 Å². The summed E-state index contributed by atoms with van der Waals surface area (Å²) >= 11 is 0. The minimum Gasteiger partial charge on any atom is -0.457 e. The molecule has 2 spiro atoms. The Hall–Kier alpha value is -9.51. The Morgan fingerprint density at radius 2 is 0.644 bits per heavy atom. The van der Waals surface area contributed by atoms with Gasteiger partial charge in [0.1, 0.15) is 11.5 Å². The van der Waals surface area contributed by atoms with E-state index in [-0.39, 0.29) is 0 Å². The van der Waals surface area contributed by atoms with Crippen molar-refractivity contribution in [2.75, 3.05) is 0 Å². The first-order chi connectivity index (χ1) is 36.2. The number of aromatic nitrogens is 3. The van der Waals surface area contributed by atoms with Gasteiger partial charge < -0.3 is 4.74 Å². The minimum atomic E-state index is -0.709. The van der Waals surface area contributed by atoms with Crippen LogP contribution < -0.4 is 4.74 Å². The molecule has 1 aliphatic heterocycles. The summed E-state index contributed by atoms with van der Waals surface area (Å²) in [6, 6.07) is 93.9. The van der Waals surface area contributed by atoms with Gasteiger partial charge in [-0.25, -0.2) is 15.0 Å². The molecule has 0 unspecified atom stereocenters. The highest BCUT2D eigenvalue weighted by Gasteiger charge is 2.58. The van der Waals surface area contributed by atoms with E-state index >= 15 is 0 Å². The molecule has 2 aliphatic carbocycles. The number of para-hydroxylation sites is 1. The third-order valence-corrected chi connectivity index (χ3v) is 15.7. The first kappa shape index (κ1) is 41.3. The maximum absolute atomic E-state index is 7.17. The van der Waals surface area contributed by atoms with E-state index in [2.05, 4.69) is 243 Å². The van der Waals surface area contributed by atoms with Gasteiger partial charge in [-0.05, 0) is 95.7 Å². The molecule has 15 rings (SSSR count). The zero-order chi connectivity index (χ0) is 48.1. The standard InChI is InChI=1S/C69H43N3O/c1-3-21-44(22-4-1)48-40-41-54(50-27-9-8-26-49(48)50)67-71-65(45-23-5-2-6-24-45)70-66(72-67)53-30-10-7-25-47(53)46-39-42-62-64(43-46)73-63-38-20-19-37-61(63)69(62)59-35-17-15-33-57(59)68(58-34-16-18-36-60(58)69)55-31-13-11-28-51(55)52-29-12-14-32-56(52)68/h1-43H. The Bertz CT molecular complexity index is 4100. The molecule has 3 aliphatic rings. The van der Waals surface area contributed by atoms with E-state index in [4.69, 9.17) is 19.7 Å². The fraction of sp³-hybridized carbons (Fsp3) is 0.0290. The van der Waals surface area contributed by atoms with Crippen molar-refractivity contribution >= 4 is 10.8 Å². The number of ether oxygens (including phenoxy) is 1.